The number of nitrogens with two attached hydrogens (primary N) is 1. The van der Waals surface area contributed by atoms with Crippen molar-refractivity contribution in [3.63, 3.8) is 0 Å². The van der Waals surface area contributed by atoms with Crippen molar-refractivity contribution in [2.75, 3.05) is 0 Å². The van der Waals surface area contributed by atoms with Crippen LogP contribution < -0.4 is 16.4 Å². The molecule has 0 unspecified atom stereocenters. The van der Waals surface area contributed by atoms with E-state index in [9.17, 15) is 0 Å². The molecule has 3 heterocycles. The van der Waals surface area contributed by atoms with Crippen LogP contribution in [0.15, 0.2) is 48.0 Å². The van der Waals surface area contributed by atoms with Crippen molar-refractivity contribution in [1.29, 1.82) is 0 Å². The Kier molecular flexibility index (Phi) is 2.52. The van der Waals surface area contributed by atoms with Crippen LogP contribution >= 0.6 is 0 Å². The molecule has 0 radical (unpaired) electrons. The number of rotatable bonds is 1. The van der Waals surface area contributed by atoms with Gasteiger partial charge in [0.05, 0.1) is 11.0 Å². The Hall–Kier alpha value is -2.69. The number of hydrogen-bond donors (Lipinski definition) is 1. The molecule has 0 bridgehead atoms. The standard InChI is InChI=1S/C14H13N5/c1-9-7-12-13(14(15)18-10(9)2)17-8-19(12)11-3-5-16-6-4-11/h3-8H,1,15H2,2H3. The van der Waals surface area contributed by atoms with Crippen LogP contribution in [0.25, 0.3) is 17.6 Å². The van der Waals surface area contributed by atoms with Gasteiger partial charge in [-0.25, -0.2) is 9.98 Å². The van der Waals surface area contributed by atoms with Crippen molar-refractivity contribution in [2.24, 2.45) is 10.7 Å². The van der Waals surface area contributed by atoms with Crippen LogP contribution in [0.4, 0.5) is 0 Å². The molecule has 0 aliphatic carbocycles. The van der Waals surface area contributed by atoms with Crippen molar-refractivity contribution < 1.29 is 0 Å². The predicted molar refractivity (Wildman–Crippen MR) is 74.9 cm³/mol. The molecule has 0 spiro atoms. The second-order valence-corrected chi connectivity index (χ2v) is 4.31. The zero-order chi connectivity index (χ0) is 13.4. The molecule has 5 nitrogen and oxygen atoms in total. The normalized spacial score (nSPS) is 14.5. The van der Waals surface area contributed by atoms with Crippen LogP contribution in [0.3, 0.4) is 0 Å². The number of nitrogens with zero attached hydrogens (tertiary/aromatic N) is 4. The Labute approximate surface area is 110 Å². The molecule has 3 rings (SSSR count). The maximum Gasteiger partial charge on any atom is 0.151 e. The number of aliphatic imine (C=N–C) groups is 1. The topological polar surface area (TPSA) is 69.1 Å². The zero-order valence-corrected chi connectivity index (χ0v) is 10.5. The van der Waals surface area contributed by atoms with Crippen LogP contribution in [0.2, 0.25) is 0 Å². The minimum absolute atomic E-state index is 0.412. The van der Waals surface area contributed by atoms with Crippen LogP contribution in [-0.2, 0) is 0 Å². The largest absolute Gasteiger partial charge is 0.382 e. The zero-order valence-electron chi connectivity index (χ0n) is 10.5. The lowest BCUT2D eigenvalue weighted by Gasteiger charge is -2.01. The SMILES string of the molecule is C=C1C=c2c(ncn2-c2ccncc2)=C(N)N=C1C. The first-order chi connectivity index (χ1) is 9.16. The molecule has 0 aromatic carbocycles. The molecule has 0 saturated carbocycles. The summed E-state index contributed by atoms with van der Waals surface area (Å²) in [5.41, 5.74) is 8.58. The van der Waals surface area contributed by atoms with Crippen molar-refractivity contribution in [3.05, 3.63) is 53.7 Å². The highest BCUT2D eigenvalue weighted by atomic mass is 15.1. The summed E-state index contributed by atoms with van der Waals surface area (Å²) in [6, 6.07) is 3.82. The smallest absolute Gasteiger partial charge is 0.151 e. The van der Waals surface area contributed by atoms with Crippen LogP contribution in [0, 0.1) is 0 Å². The second kappa shape index (κ2) is 4.20. The number of pyridine rings is 1. The molecule has 94 valence electrons. The highest BCUT2D eigenvalue weighted by Crippen LogP contribution is 2.04. The molecule has 2 N–H and O–H groups in total. The van der Waals surface area contributed by atoms with Crippen molar-refractivity contribution in [3.8, 4) is 5.69 Å². The van der Waals surface area contributed by atoms with Gasteiger partial charge in [-0.2, -0.15) is 0 Å². The lowest BCUT2D eigenvalue weighted by molar-refractivity contribution is 1.01. The fraction of sp³-hybridized carbons (Fsp3) is 0.0714. The van der Waals surface area contributed by atoms with E-state index < -0.39 is 0 Å². The van der Waals surface area contributed by atoms with Gasteiger partial charge >= 0.3 is 0 Å². The van der Waals surface area contributed by atoms with Crippen LogP contribution in [0.5, 0.6) is 0 Å². The summed E-state index contributed by atoms with van der Waals surface area (Å²) >= 11 is 0. The molecule has 2 aromatic heterocycles. The van der Waals surface area contributed by atoms with E-state index in [1.165, 1.54) is 0 Å². The molecule has 1 aliphatic rings. The lowest BCUT2D eigenvalue weighted by Crippen LogP contribution is -2.32. The summed E-state index contributed by atoms with van der Waals surface area (Å²) in [6.07, 6.45) is 7.15. The molecule has 0 amide bonds. The maximum atomic E-state index is 5.97. The van der Waals surface area contributed by atoms with Gasteiger partial charge in [-0.05, 0) is 30.7 Å². The average molecular weight is 251 g/mol. The maximum absolute atomic E-state index is 5.97. The van der Waals surface area contributed by atoms with E-state index in [2.05, 4.69) is 21.5 Å². The quantitative estimate of drug-likeness (QED) is 0.781. The van der Waals surface area contributed by atoms with E-state index in [1.807, 2.05) is 29.7 Å². The molecule has 0 fully saturated rings. The first-order valence-electron chi connectivity index (χ1n) is 5.86. The minimum atomic E-state index is 0.412. The van der Waals surface area contributed by atoms with Crippen molar-refractivity contribution in [2.45, 2.75) is 6.92 Å². The van der Waals surface area contributed by atoms with Gasteiger partial charge in [0.15, 0.2) is 5.82 Å². The third kappa shape index (κ3) is 1.85. The van der Waals surface area contributed by atoms with Gasteiger partial charge in [-0.1, -0.05) is 6.58 Å². The first kappa shape index (κ1) is 11.4. The van der Waals surface area contributed by atoms with Gasteiger partial charge < -0.3 is 5.73 Å². The Morgan fingerprint density at radius 1 is 1.26 bits per heavy atom. The molecule has 0 saturated heterocycles. The van der Waals surface area contributed by atoms with E-state index in [1.54, 1.807) is 18.7 Å². The van der Waals surface area contributed by atoms with Crippen molar-refractivity contribution in [1.82, 2.24) is 14.5 Å². The number of imidazole rings is 1. The number of fused-ring (bicyclic) bond motifs is 1. The molecule has 2 aromatic rings. The summed E-state index contributed by atoms with van der Waals surface area (Å²) in [6.45, 7) is 5.88. The van der Waals surface area contributed by atoms with Gasteiger partial charge in [0, 0.05) is 18.1 Å². The summed E-state index contributed by atoms with van der Waals surface area (Å²) in [5, 5.41) is 1.56. The molecule has 1 aliphatic heterocycles. The molecule has 0 atom stereocenters. The molecule has 19 heavy (non-hydrogen) atoms. The fourth-order valence-corrected chi connectivity index (χ4v) is 1.98. The van der Waals surface area contributed by atoms with E-state index in [-0.39, 0.29) is 0 Å². The summed E-state index contributed by atoms with van der Waals surface area (Å²) in [5.74, 6) is 0.412. The van der Waals surface area contributed by atoms with Crippen LogP contribution in [-0.4, -0.2) is 20.2 Å². The number of aromatic nitrogens is 3. The van der Waals surface area contributed by atoms with Gasteiger partial charge in [-0.3, -0.25) is 9.55 Å². The minimum Gasteiger partial charge on any atom is -0.382 e. The predicted octanol–water partition coefficient (Wildman–Crippen LogP) is 0.103. The van der Waals surface area contributed by atoms with Gasteiger partial charge in [0.1, 0.15) is 11.7 Å². The third-order valence-corrected chi connectivity index (χ3v) is 3.05. The number of allylic oxidation sites excluding steroid dienone is 1. The highest BCUT2D eigenvalue weighted by molar-refractivity contribution is 6.06. The van der Waals surface area contributed by atoms with E-state index in [0.717, 1.165) is 22.3 Å². The fourth-order valence-electron chi connectivity index (χ4n) is 1.98. The van der Waals surface area contributed by atoms with Gasteiger partial charge in [0.25, 0.3) is 0 Å². The van der Waals surface area contributed by atoms with Crippen molar-refractivity contribution >= 4 is 17.6 Å². The summed E-state index contributed by atoms with van der Waals surface area (Å²) < 4.78 is 1.95. The Morgan fingerprint density at radius 3 is 2.74 bits per heavy atom. The van der Waals surface area contributed by atoms with E-state index in [0.29, 0.717) is 11.2 Å². The lowest BCUT2D eigenvalue weighted by atomic mass is 10.2. The molecular weight excluding hydrogens is 238 g/mol. The van der Waals surface area contributed by atoms with E-state index >= 15 is 0 Å². The average Bonchev–Trinajstić information content (AvgIpc) is 2.79. The summed E-state index contributed by atoms with van der Waals surface area (Å²) in [7, 11) is 0. The Balaban J connectivity index is 2.35. The molecular formula is C14H13N5. The Morgan fingerprint density at radius 2 is 2.00 bits per heavy atom. The first-order valence-corrected chi connectivity index (χ1v) is 5.86. The second-order valence-electron chi connectivity index (χ2n) is 4.31. The van der Waals surface area contributed by atoms with Gasteiger partial charge in [0.2, 0.25) is 0 Å². The number of hydrogen-bond acceptors (Lipinski definition) is 4. The summed E-state index contributed by atoms with van der Waals surface area (Å²) in [4.78, 5) is 12.7. The van der Waals surface area contributed by atoms with Gasteiger partial charge in [-0.15, -0.1) is 0 Å². The highest BCUT2D eigenvalue weighted by Gasteiger charge is 2.08. The van der Waals surface area contributed by atoms with E-state index in [4.69, 9.17) is 5.73 Å². The Bertz CT molecular complexity index is 796. The van der Waals surface area contributed by atoms with Crippen LogP contribution in [0.1, 0.15) is 6.92 Å². The molecule has 5 heteroatoms. The third-order valence-electron chi connectivity index (χ3n) is 3.05. The monoisotopic (exact) mass is 251 g/mol.